The van der Waals surface area contributed by atoms with Crippen LogP contribution in [0.4, 0.5) is 4.39 Å². The first-order valence-corrected chi connectivity index (χ1v) is 9.17. The standard InChI is InChI=1S/C21H19ClFNO3/c1-12-13(2)21(25)27-19-16(12)9-18(22)20-17(19)10-24(11-26-20)7-6-14-4-3-5-15(23)8-14/h3-5,8-9H,6-7,10-11H2,1-2H3. The van der Waals surface area contributed by atoms with Crippen LogP contribution in [0.3, 0.4) is 0 Å². The highest BCUT2D eigenvalue weighted by molar-refractivity contribution is 6.33. The molecule has 0 amide bonds. The van der Waals surface area contributed by atoms with Crippen molar-refractivity contribution in [2.45, 2.75) is 26.8 Å². The lowest BCUT2D eigenvalue weighted by molar-refractivity contribution is 0.0968. The number of benzene rings is 2. The molecule has 0 atom stereocenters. The highest BCUT2D eigenvalue weighted by atomic mass is 35.5. The van der Waals surface area contributed by atoms with Gasteiger partial charge in [0, 0.05) is 24.0 Å². The SMILES string of the molecule is Cc1c(C)c2cc(Cl)c3c(c2oc1=O)CN(CCc1cccc(F)c1)CO3. The van der Waals surface area contributed by atoms with Crippen LogP contribution in [0.5, 0.6) is 5.75 Å². The van der Waals surface area contributed by atoms with Crippen LogP contribution in [0.2, 0.25) is 5.02 Å². The molecule has 140 valence electrons. The molecule has 0 saturated heterocycles. The predicted octanol–water partition coefficient (Wildman–Crippen LogP) is 4.60. The Morgan fingerprint density at radius 3 is 2.81 bits per heavy atom. The number of ether oxygens (including phenoxy) is 1. The Morgan fingerprint density at radius 2 is 2.04 bits per heavy atom. The van der Waals surface area contributed by atoms with Gasteiger partial charge in [-0.1, -0.05) is 23.7 Å². The zero-order valence-electron chi connectivity index (χ0n) is 15.1. The average Bonchev–Trinajstić information content (AvgIpc) is 2.66. The molecule has 0 fully saturated rings. The fraction of sp³-hybridized carbons (Fsp3) is 0.286. The van der Waals surface area contributed by atoms with Crippen molar-refractivity contribution in [2.24, 2.45) is 0 Å². The van der Waals surface area contributed by atoms with Crippen LogP contribution in [-0.4, -0.2) is 18.2 Å². The number of aryl methyl sites for hydroxylation is 1. The molecule has 0 spiro atoms. The minimum Gasteiger partial charge on any atom is -0.476 e. The second-order valence-electron chi connectivity index (χ2n) is 6.89. The lowest BCUT2D eigenvalue weighted by atomic mass is 10.0. The molecule has 1 aromatic heterocycles. The van der Waals surface area contributed by atoms with E-state index in [2.05, 4.69) is 4.90 Å². The summed E-state index contributed by atoms with van der Waals surface area (Å²) in [6.45, 7) is 5.25. The fourth-order valence-electron chi connectivity index (χ4n) is 3.44. The van der Waals surface area contributed by atoms with Crippen LogP contribution in [0, 0.1) is 19.7 Å². The zero-order chi connectivity index (χ0) is 19.1. The molecule has 1 aliphatic heterocycles. The Morgan fingerprint density at radius 1 is 1.22 bits per heavy atom. The summed E-state index contributed by atoms with van der Waals surface area (Å²) in [5.41, 5.74) is 3.33. The summed E-state index contributed by atoms with van der Waals surface area (Å²) in [7, 11) is 0. The Balaban J connectivity index is 1.66. The lowest BCUT2D eigenvalue weighted by Crippen LogP contribution is -2.34. The van der Waals surface area contributed by atoms with Gasteiger partial charge in [-0.25, -0.2) is 9.18 Å². The van der Waals surface area contributed by atoms with Gasteiger partial charge >= 0.3 is 5.63 Å². The molecule has 27 heavy (non-hydrogen) atoms. The van der Waals surface area contributed by atoms with Gasteiger partial charge in [-0.2, -0.15) is 0 Å². The van der Waals surface area contributed by atoms with Crippen molar-refractivity contribution >= 4 is 22.6 Å². The van der Waals surface area contributed by atoms with Gasteiger partial charge in [-0.15, -0.1) is 0 Å². The molecule has 4 rings (SSSR count). The molecule has 0 bridgehead atoms. The maximum absolute atomic E-state index is 13.4. The van der Waals surface area contributed by atoms with Crippen molar-refractivity contribution in [1.82, 2.24) is 4.90 Å². The quantitative estimate of drug-likeness (QED) is 0.616. The molecule has 6 heteroatoms. The van der Waals surface area contributed by atoms with Gasteiger partial charge in [0.1, 0.15) is 23.9 Å². The number of hydrogen-bond donors (Lipinski definition) is 0. The summed E-state index contributed by atoms with van der Waals surface area (Å²) in [5.74, 6) is 0.329. The van der Waals surface area contributed by atoms with Crippen LogP contribution in [0.15, 0.2) is 39.5 Å². The van der Waals surface area contributed by atoms with E-state index in [1.807, 2.05) is 13.0 Å². The van der Waals surface area contributed by atoms with E-state index in [9.17, 15) is 9.18 Å². The molecule has 0 saturated carbocycles. The van der Waals surface area contributed by atoms with E-state index in [0.29, 0.717) is 48.2 Å². The number of halogens is 2. The number of fused-ring (bicyclic) bond motifs is 3. The van der Waals surface area contributed by atoms with Gasteiger partial charge in [-0.3, -0.25) is 4.90 Å². The van der Waals surface area contributed by atoms with Crippen molar-refractivity contribution in [3.63, 3.8) is 0 Å². The Hall–Kier alpha value is -2.37. The van der Waals surface area contributed by atoms with Crippen LogP contribution >= 0.6 is 11.6 Å². The Kier molecular flexibility index (Phi) is 4.66. The third kappa shape index (κ3) is 3.33. The maximum Gasteiger partial charge on any atom is 0.339 e. The average molecular weight is 388 g/mol. The largest absolute Gasteiger partial charge is 0.476 e. The van der Waals surface area contributed by atoms with Crippen molar-refractivity contribution < 1.29 is 13.5 Å². The number of nitrogens with zero attached hydrogens (tertiary/aromatic N) is 1. The van der Waals surface area contributed by atoms with E-state index in [-0.39, 0.29) is 11.4 Å². The molecule has 0 unspecified atom stereocenters. The fourth-order valence-corrected chi connectivity index (χ4v) is 3.71. The molecule has 2 aromatic carbocycles. The van der Waals surface area contributed by atoms with Gasteiger partial charge in [0.05, 0.1) is 10.6 Å². The van der Waals surface area contributed by atoms with E-state index >= 15 is 0 Å². The monoisotopic (exact) mass is 387 g/mol. The molecule has 0 N–H and O–H groups in total. The van der Waals surface area contributed by atoms with E-state index in [4.69, 9.17) is 20.8 Å². The minimum atomic E-state index is -0.346. The first-order chi connectivity index (χ1) is 12.9. The van der Waals surface area contributed by atoms with Crippen LogP contribution in [-0.2, 0) is 13.0 Å². The number of hydrogen-bond acceptors (Lipinski definition) is 4. The van der Waals surface area contributed by atoms with Crippen molar-refractivity contribution in [2.75, 3.05) is 13.3 Å². The predicted molar refractivity (Wildman–Crippen MR) is 103 cm³/mol. The smallest absolute Gasteiger partial charge is 0.339 e. The molecular weight excluding hydrogens is 369 g/mol. The summed E-state index contributed by atoms with van der Waals surface area (Å²) in [6, 6.07) is 8.38. The van der Waals surface area contributed by atoms with Crippen molar-refractivity contribution in [1.29, 1.82) is 0 Å². The first-order valence-electron chi connectivity index (χ1n) is 8.79. The summed E-state index contributed by atoms with van der Waals surface area (Å²) in [5, 5.41) is 1.34. The second kappa shape index (κ2) is 6.98. The molecule has 0 radical (unpaired) electrons. The highest BCUT2D eigenvalue weighted by Crippen LogP contribution is 2.39. The van der Waals surface area contributed by atoms with Crippen molar-refractivity contribution in [3.05, 3.63) is 73.8 Å². The summed E-state index contributed by atoms with van der Waals surface area (Å²) in [6.07, 6.45) is 0.692. The van der Waals surface area contributed by atoms with E-state index in [0.717, 1.165) is 22.1 Å². The zero-order valence-corrected chi connectivity index (χ0v) is 15.9. The molecule has 1 aliphatic rings. The Bertz CT molecular complexity index is 1090. The van der Waals surface area contributed by atoms with Crippen LogP contribution in [0.1, 0.15) is 22.3 Å². The topological polar surface area (TPSA) is 42.7 Å². The van der Waals surface area contributed by atoms with Gasteiger partial charge in [0.25, 0.3) is 0 Å². The van der Waals surface area contributed by atoms with E-state index < -0.39 is 0 Å². The third-order valence-corrected chi connectivity index (χ3v) is 5.41. The highest BCUT2D eigenvalue weighted by Gasteiger charge is 2.25. The van der Waals surface area contributed by atoms with Gasteiger partial charge < -0.3 is 9.15 Å². The normalized spacial score (nSPS) is 14.2. The van der Waals surface area contributed by atoms with E-state index in [1.165, 1.54) is 12.1 Å². The van der Waals surface area contributed by atoms with Crippen molar-refractivity contribution in [3.8, 4) is 5.75 Å². The number of rotatable bonds is 3. The second-order valence-corrected chi connectivity index (χ2v) is 7.30. The summed E-state index contributed by atoms with van der Waals surface area (Å²) in [4.78, 5) is 14.2. The molecular formula is C21H19ClFNO3. The molecule has 0 aliphatic carbocycles. The molecule has 3 aromatic rings. The first kappa shape index (κ1) is 18.0. The van der Waals surface area contributed by atoms with E-state index in [1.54, 1.807) is 19.1 Å². The van der Waals surface area contributed by atoms with Gasteiger partial charge in [0.15, 0.2) is 0 Å². The molecule has 4 nitrogen and oxygen atoms in total. The lowest BCUT2D eigenvalue weighted by Gasteiger charge is -2.30. The minimum absolute atomic E-state index is 0.238. The molecule has 2 heterocycles. The summed E-state index contributed by atoms with van der Waals surface area (Å²) < 4.78 is 24.8. The third-order valence-electron chi connectivity index (χ3n) is 5.13. The summed E-state index contributed by atoms with van der Waals surface area (Å²) >= 11 is 6.42. The van der Waals surface area contributed by atoms with Gasteiger partial charge in [-0.05, 0) is 49.6 Å². The van der Waals surface area contributed by atoms with Crippen LogP contribution < -0.4 is 10.4 Å². The maximum atomic E-state index is 13.4. The Labute approximate surface area is 161 Å². The van der Waals surface area contributed by atoms with Crippen LogP contribution in [0.25, 0.3) is 11.0 Å². The van der Waals surface area contributed by atoms with Gasteiger partial charge in [0.2, 0.25) is 0 Å².